The number of benzene rings is 3. The van der Waals surface area contributed by atoms with Gasteiger partial charge in [-0.25, -0.2) is 8.42 Å². The molecule has 7 nitrogen and oxygen atoms in total. The Labute approximate surface area is 253 Å². The van der Waals surface area contributed by atoms with E-state index in [0.717, 1.165) is 15.4 Å². The van der Waals surface area contributed by atoms with E-state index in [2.05, 4.69) is 5.32 Å². The molecule has 0 aliphatic heterocycles. The molecule has 0 spiro atoms. The Morgan fingerprint density at radius 3 is 2.12 bits per heavy atom. The highest BCUT2D eigenvalue weighted by molar-refractivity contribution is 7.92. The second-order valence-electron chi connectivity index (χ2n) is 10.4. The van der Waals surface area contributed by atoms with Crippen LogP contribution in [0.2, 0.25) is 10.0 Å². The Morgan fingerprint density at radius 1 is 0.902 bits per heavy atom. The van der Waals surface area contributed by atoms with Gasteiger partial charge in [0.25, 0.3) is 10.0 Å². The van der Waals surface area contributed by atoms with E-state index >= 15 is 0 Å². The molecular weight excluding hydrogens is 581 g/mol. The molecule has 3 aromatic rings. The summed E-state index contributed by atoms with van der Waals surface area (Å²) < 4.78 is 29.2. The largest absolute Gasteiger partial charge is 0.352 e. The second-order valence-corrected chi connectivity index (χ2v) is 13.1. The van der Waals surface area contributed by atoms with E-state index in [4.69, 9.17) is 23.2 Å². The van der Waals surface area contributed by atoms with Gasteiger partial charge in [0.1, 0.15) is 12.6 Å². The molecule has 2 atom stereocenters. The van der Waals surface area contributed by atoms with Crippen molar-refractivity contribution in [3.05, 3.63) is 93.0 Å². The van der Waals surface area contributed by atoms with Crippen LogP contribution in [-0.2, 0) is 26.2 Å². The fraction of sp³-hybridized carbons (Fsp3) is 0.355. The molecule has 0 aromatic heterocycles. The molecule has 2 amide bonds. The first-order chi connectivity index (χ1) is 19.2. The molecule has 3 rings (SSSR count). The van der Waals surface area contributed by atoms with Crippen LogP contribution < -0.4 is 9.62 Å². The van der Waals surface area contributed by atoms with E-state index in [1.807, 2.05) is 33.8 Å². The summed E-state index contributed by atoms with van der Waals surface area (Å²) in [5.74, 6) is -0.907. The number of hydrogen-bond donors (Lipinski definition) is 1. The fourth-order valence-electron chi connectivity index (χ4n) is 4.32. The standard InChI is InChI=1S/C31H37Cl2N3O4S/c1-7-23(5)34-31(38)24(6)35(18-25-11-12-26(32)17-28(25)33)30(37)19-36(29-15-10-21(3)16-22(29)4)41(39,40)27-13-8-20(2)9-14-27/h8-17,23-24H,7,18-19H2,1-6H3,(H,34,38)/t23-,24-/m0/s1. The molecular formula is C31H37Cl2N3O4S. The van der Waals surface area contributed by atoms with Crippen molar-refractivity contribution in [1.29, 1.82) is 0 Å². The SMILES string of the molecule is CC[C@H](C)NC(=O)[C@H](C)N(Cc1ccc(Cl)cc1Cl)C(=O)CN(c1ccc(C)cc1C)S(=O)(=O)c1ccc(C)cc1. The van der Waals surface area contributed by atoms with E-state index in [0.29, 0.717) is 33.3 Å². The van der Waals surface area contributed by atoms with E-state index in [-0.39, 0.29) is 23.4 Å². The second kappa shape index (κ2) is 13.7. The average Bonchev–Trinajstić information content (AvgIpc) is 2.91. The minimum absolute atomic E-state index is 0.0186. The molecule has 0 heterocycles. The maximum Gasteiger partial charge on any atom is 0.264 e. The van der Waals surface area contributed by atoms with Gasteiger partial charge in [-0.05, 0) is 82.5 Å². The van der Waals surface area contributed by atoms with Gasteiger partial charge in [-0.15, -0.1) is 0 Å². The van der Waals surface area contributed by atoms with Crippen molar-refractivity contribution in [2.24, 2.45) is 0 Å². The monoisotopic (exact) mass is 617 g/mol. The lowest BCUT2D eigenvalue weighted by Crippen LogP contribution is -2.52. The van der Waals surface area contributed by atoms with Crippen molar-refractivity contribution in [1.82, 2.24) is 10.2 Å². The Bertz CT molecular complexity index is 1510. The lowest BCUT2D eigenvalue weighted by Gasteiger charge is -2.33. The number of aryl methyl sites for hydroxylation is 3. The summed E-state index contributed by atoms with van der Waals surface area (Å²) in [6, 6.07) is 15.7. The predicted molar refractivity (Wildman–Crippen MR) is 166 cm³/mol. The molecule has 0 bridgehead atoms. The maximum atomic E-state index is 14.1. The number of nitrogens with one attached hydrogen (secondary N) is 1. The van der Waals surface area contributed by atoms with Crippen LogP contribution in [0.4, 0.5) is 5.69 Å². The van der Waals surface area contributed by atoms with E-state index in [1.165, 1.54) is 17.0 Å². The van der Waals surface area contributed by atoms with Gasteiger partial charge in [0, 0.05) is 22.6 Å². The predicted octanol–water partition coefficient (Wildman–Crippen LogP) is 6.45. The minimum atomic E-state index is -4.15. The molecule has 41 heavy (non-hydrogen) atoms. The van der Waals surface area contributed by atoms with Crippen LogP contribution in [0.3, 0.4) is 0 Å². The number of nitrogens with zero attached hydrogens (tertiary/aromatic N) is 2. The maximum absolute atomic E-state index is 14.1. The van der Waals surface area contributed by atoms with Gasteiger partial charge in [0.15, 0.2) is 0 Å². The van der Waals surface area contributed by atoms with E-state index in [1.54, 1.807) is 56.3 Å². The zero-order valence-corrected chi connectivity index (χ0v) is 26.6. The van der Waals surface area contributed by atoms with Crippen molar-refractivity contribution in [3.8, 4) is 0 Å². The summed E-state index contributed by atoms with van der Waals surface area (Å²) in [4.78, 5) is 28.7. The Morgan fingerprint density at radius 2 is 1.54 bits per heavy atom. The highest BCUT2D eigenvalue weighted by atomic mass is 35.5. The molecule has 0 saturated heterocycles. The van der Waals surface area contributed by atoms with Crippen molar-refractivity contribution in [3.63, 3.8) is 0 Å². The normalized spacial score (nSPS) is 12.9. The Kier molecular flexibility index (Phi) is 10.9. The topological polar surface area (TPSA) is 86.8 Å². The van der Waals surface area contributed by atoms with Gasteiger partial charge in [-0.1, -0.05) is 71.6 Å². The molecule has 0 fully saturated rings. The number of amides is 2. The highest BCUT2D eigenvalue weighted by Gasteiger charge is 2.33. The molecule has 3 aromatic carbocycles. The summed E-state index contributed by atoms with van der Waals surface area (Å²) in [5.41, 5.74) is 3.52. The minimum Gasteiger partial charge on any atom is -0.352 e. The number of halogens is 2. The van der Waals surface area contributed by atoms with Gasteiger partial charge >= 0.3 is 0 Å². The number of carbonyl (C=O) groups excluding carboxylic acids is 2. The number of rotatable bonds is 11. The van der Waals surface area contributed by atoms with Crippen LogP contribution in [0.1, 0.15) is 49.4 Å². The first-order valence-corrected chi connectivity index (χ1v) is 15.6. The molecule has 0 aliphatic carbocycles. The summed E-state index contributed by atoms with van der Waals surface area (Å²) in [5, 5.41) is 3.69. The number of sulfonamides is 1. The Hall–Kier alpha value is -3.07. The van der Waals surface area contributed by atoms with Gasteiger partial charge in [0.2, 0.25) is 11.8 Å². The molecule has 0 unspecified atom stereocenters. The van der Waals surface area contributed by atoms with Gasteiger partial charge in [-0.3, -0.25) is 13.9 Å². The van der Waals surface area contributed by atoms with Crippen LogP contribution in [0.5, 0.6) is 0 Å². The summed E-state index contributed by atoms with van der Waals surface area (Å²) in [6.07, 6.45) is 0.713. The Balaban J connectivity index is 2.08. The zero-order valence-electron chi connectivity index (χ0n) is 24.2. The van der Waals surface area contributed by atoms with Crippen molar-refractivity contribution in [2.75, 3.05) is 10.8 Å². The third kappa shape index (κ3) is 8.03. The summed E-state index contributed by atoms with van der Waals surface area (Å²) >= 11 is 12.5. The van der Waals surface area contributed by atoms with Gasteiger partial charge < -0.3 is 10.2 Å². The first-order valence-electron chi connectivity index (χ1n) is 13.4. The van der Waals surface area contributed by atoms with Crippen molar-refractivity contribution < 1.29 is 18.0 Å². The quantitative estimate of drug-likeness (QED) is 0.268. The number of carbonyl (C=O) groups is 2. The number of anilines is 1. The zero-order chi connectivity index (χ0) is 30.5. The lowest BCUT2D eigenvalue weighted by atomic mass is 10.1. The molecule has 10 heteroatoms. The van der Waals surface area contributed by atoms with Gasteiger partial charge in [-0.2, -0.15) is 0 Å². The van der Waals surface area contributed by atoms with E-state index < -0.39 is 28.5 Å². The smallest absolute Gasteiger partial charge is 0.264 e. The third-order valence-electron chi connectivity index (χ3n) is 7.03. The summed E-state index contributed by atoms with van der Waals surface area (Å²) in [7, 11) is -4.15. The highest BCUT2D eigenvalue weighted by Crippen LogP contribution is 2.29. The van der Waals surface area contributed by atoms with Crippen molar-refractivity contribution in [2.45, 2.75) is 71.5 Å². The van der Waals surface area contributed by atoms with Crippen molar-refractivity contribution >= 4 is 50.7 Å². The average molecular weight is 619 g/mol. The van der Waals surface area contributed by atoms with Crippen LogP contribution in [0, 0.1) is 20.8 Å². The van der Waals surface area contributed by atoms with Crippen LogP contribution in [0.15, 0.2) is 65.6 Å². The van der Waals surface area contributed by atoms with Gasteiger partial charge in [0.05, 0.1) is 10.6 Å². The molecule has 220 valence electrons. The lowest BCUT2D eigenvalue weighted by molar-refractivity contribution is -0.139. The molecule has 0 radical (unpaired) electrons. The third-order valence-corrected chi connectivity index (χ3v) is 9.39. The summed E-state index contributed by atoms with van der Waals surface area (Å²) in [6.45, 7) is 10.5. The van der Waals surface area contributed by atoms with Crippen LogP contribution in [-0.4, -0.2) is 43.8 Å². The fourth-order valence-corrected chi connectivity index (χ4v) is 6.26. The number of hydrogen-bond acceptors (Lipinski definition) is 4. The first kappa shape index (κ1) is 32.4. The molecule has 0 aliphatic rings. The van der Waals surface area contributed by atoms with Crippen LogP contribution >= 0.6 is 23.2 Å². The van der Waals surface area contributed by atoms with Crippen LogP contribution in [0.25, 0.3) is 0 Å². The molecule has 0 saturated carbocycles. The molecule has 1 N–H and O–H groups in total. The van der Waals surface area contributed by atoms with E-state index in [9.17, 15) is 18.0 Å².